The summed E-state index contributed by atoms with van der Waals surface area (Å²) >= 11 is 3.60. The molecule has 0 spiro atoms. The Morgan fingerprint density at radius 2 is 2.09 bits per heavy atom. The summed E-state index contributed by atoms with van der Waals surface area (Å²) in [4.78, 5) is 1.71. The minimum atomic E-state index is -3.48. The van der Waals surface area contributed by atoms with Gasteiger partial charge in [0.1, 0.15) is 4.90 Å². The summed E-state index contributed by atoms with van der Waals surface area (Å²) in [5.74, 6) is 0.820. The van der Waals surface area contributed by atoms with Crippen LogP contribution in [0.1, 0.15) is 27.9 Å². The Kier molecular flexibility index (Phi) is 4.87. The van der Waals surface area contributed by atoms with Crippen LogP contribution < -0.4 is 0 Å². The second kappa shape index (κ2) is 6.58. The van der Waals surface area contributed by atoms with Gasteiger partial charge in [0.25, 0.3) is 0 Å². The van der Waals surface area contributed by atoms with E-state index in [-0.39, 0.29) is 0 Å². The van der Waals surface area contributed by atoms with Crippen molar-refractivity contribution in [3.8, 4) is 0 Å². The van der Waals surface area contributed by atoms with Crippen LogP contribution in [-0.4, -0.2) is 41.3 Å². The van der Waals surface area contributed by atoms with Gasteiger partial charge in [-0.15, -0.1) is 11.3 Å². The van der Waals surface area contributed by atoms with Gasteiger partial charge in [-0.3, -0.25) is 4.68 Å². The van der Waals surface area contributed by atoms with Gasteiger partial charge in [0, 0.05) is 36.0 Å². The van der Waals surface area contributed by atoms with Crippen LogP contribution >= 0.6 is 23.1 Å². The van der Waals surface area contributed by atoms with Crippen molar-refractivity contribution in [3.63, 3.8) is 0 Å². The van der Waals surface area contributed by atoms with Gasteiger partial charge in [0.15, 0.2) is 0 Å². The maximum absolute atomic E-state index is 13.1. The molecule has 126 valence electrons. The molecule has 1 fully saturated rings. The topological polar surface area (TPSA) is 55.2 Å². The van der Waals surface area contributed by atoms with E-state index >= 15 is 0 Å². The van der Waals surface area contributed by atoms with Crippen molar-refractivity contribution in [2.75, 3.05) is 18.8 Å². The molecule has 23 heavy (non-hydrogen) atoms. The van der Waals surface area contributed by atoms with Crippen molar-refractivity contribution < 1.29 is 8.42 Å². The molecule has 0 amide bonds. The van der Waals surface area contributed by atoms with E-state index in [2.05, 4.69) is 22.6 Å². The zero-order chi connectivity index (χ0) is 16.6. The largest absolute Gasteiger partial charge is 0.271 e. The molecule has 3 heterocycles. The Morgan fingerprint density at radius 3 is 2.70 bits per heavy atom. The maximum Gasteiger partial charge on any atom is 0.246 e. The van der Waals surface area contributed by atoms with Crippen molar-refractivity contribution in [3.05, 3.63) is 33.8 Å². The highest BCUT2D eigenvalue weighted by molar-refractivity contribution is 7.99. The average Bonchev–Trinajstić information content (AvgIpc) is 3.01. The molecule has 3 rings (SSSR count). The molecule has 0 aliphatic carbocycles. The van der Waals surface area contributed by atoms with E-state index in [1.54, 1.807) is 34.3 Å². The lowest BCUT2D eigenvalue weighted by molar-refractivity contribution is 0.427. The van der Waals surface area contributed by atoms with Crippen LogP contribution in [0.3, 0.4) is 0 Å². The summed E-state index contributed by atoms with van der Waals surface area (Å²) in [7, 11) is -1.69. The Bertz CT molecular complexity index is 781. The van der Waals surface area contributed by atoms with Crippen LogP contribution in [0.2, 0.25) is 0 Å². The van der Waals surface area contributed by atoms with Crippen LogP contribution in [0.25, 0.3) is 0 Å². The second-order valence-corrected chi connectivity index (χ2v) is 9.86. The molecule has 2 aromatic heterocycles. The molecule has 8 heteroatoms. The first-order valence-electron chi connectivity index (χ1n) is 7.56. The lowest BCUT2D eigenvalue weighted by Crippen LogP contribution is -2.33. The summed E-state index contributed by atoms with van der Waals surface area (Å²) in [6.45, 7) is 4.70. The van der Waals surface area contributed by atoms with Crippen molar-refractivity contribution in [1.82, 2.24) is 14.1 Å². The van der Waals surface area contributed by atoms with E-state index in [9.17, 15) is 8.42 Å². The highest BCUT2D eigenvalue weighted by Crippen LogP contribution is 2.38. The lowest BCUT2D eigenvalue weighted by atomic mass is 10.2. The third-order valence-corrected chi connectivity index (χ3v) is 8.80. The molecule has 0 saturated carbocycles. The molecule has 0 N–H and O–H groups in total. The number of aromatic nitrogens is 2. The SMILES string of the molecule is Cc1nn(C)c(C)c1S(=O)(=O)N1CCS[C@H](c2cccs2)CC1. The molecular formula is C15H21N3O2S3. The molecule has 1 aliphatic heterocycles. The van der Waals surface area contributed by atoms with Crippen molar-refractivity contribution in [1.29, 1.82) is 0 Å². The van der Waals surface area contributed by atoms with Crippen LogP contribution in [0, 0.1) is 13.8 Å². The quantitative estimate of drug-likeness (QED) is 0.832. The van der Waals surface area contributed by atoms with E-state index < -0.39 is 10.0 Å². The molecule has 1 atom stereocenters. The monoisotopic (exact) mass is 371 g/mol. The molecule has 5 nitrogen and oxygen atoms in total. The first-order valence-corrected chi connectivity index (χ1v) is 10.9. The Labute approximate surface area is 145 Å². The fraction of sp³-hybridized carbons (Fsp3) is 0.533. The summed E-state index contributed by atoms with van der Waals surface area (Å²) in [5, 5.41) is 6.73. The Balaban J connectivity index is 1.84. The maximum atomic E-state index is 13.1. The first kappa shape index (κ1) is 17.0. The number of hydrogen-bond acceptors (Lipinski definition) is 5. The predicted molar refractivity (Wildman–Crippen MR) is 95.6 cm³/mol. The van der Waals surface area contributed by atoms with Gasteiger partial charge >= 0.3 is 0 Å². The first-order chi connectivity index (χ1) is 10.9. The normalized spacial score (nSPS) is 20.6. The van der Waals surface area contributed by atoms with Gasteiger partial charge in [-0.1, -0.05) is 6.07 Å². The fourth-order valence-electron chi connectivity index (χ4n) is 2.95. The molecule has 0 radical (unpaired) electrons. The number of thioether (sulfide) groups is 1. The number of sulfonamides is 1. The van der Waals surface area contributed by atoms with Crippen LogP contribution in [-0.2, 0) is 17.1 Å². The van der Waals surface area contributed by atoms with Crippen LogP contribution in [0.5, 0.6) is 0 Å². The number of rotatable bonds is 3. The summed E-state index contributed by atoms with van der Waals surface area (Å²) in [6, 6.07) is 4.20. The fourth-order valence-corrected chi connectivity index (χ4v) is 7.16. The minimum absolute atomic E-state index is 0.375. The highest BCUT2D eigenvalue weighted by atomic mass is 32.2. The summed E-state index contributed by atoms with van der Waals surface area (Å²) < 4.78 is 29.4. The molecular weight excluding hydrogens is 350 g/mol. The van der Waals surface area contributed by atoms with Gasteiger partial charge in [0.2, 0.25) is 10.0 Å². The Morgan fingerprint density at radius 1 is 1.30 bits per heavy atom. The smallest absolute Gasteiger partial charge is 0.246 e. The number of hydrogen-bond donors (Lipinski definition) is 0. The number of nitrogens with zero attached hydrogens (tertiary/aromatic N) is 3. The van der Waals surface area contributed by atoms with Gasteiger partial charge in [-0.2, -0.15) is 21.2 Å². The van der Waals surface area contributed by atoms with Crippen LogP contribution in [0.4, 0.5) is 0 Å². The van der Waals surface area contributed by atoms with E-state index in [0.29, 0.717) is 34.6 Å². The van der Waals surface area contributed by atoms with Gasteiger partial charge < -0.3 is 0 Å². The van der Waals surface area contributed by atoms with Crippen molar-refractivity contribution in [2.24, 2.45) is 7.05 Å². The molecule has 0 bridgehead atoms. The molecule has 2 aromatic rings. The highest BCUT2D eigenvalue weighted by Gasteiger charge is 2.32. The average molecular weight is 372 g/mol. The molecule has 1 aliphatic rings. The molecule has 1 saturated heterocycles. The van der Waals surface area contributed by atoms with E-state index in [4.69, 9.17) is 0 Å². The molecule has 0 aromatic carbocycles. The predicted octanol–water partition coefficient (Wildman–Crippen LogP) is 2.97. The zero-order valence-corrected chi connectivity index (χ0v) is 16.0. The zero-order valence-electron chi connectivity index (χ0n) is 13.5. The van der Waals surface area contributed by atoms with Crippen molar-refractivity contribution >= 4 is 33.1 Å². The van der Waals surface area contributed by atoms with Crippen molar-refractivity contribution in [2.45, 2.75) is 30.4 Å². The Hall–Kier alpha value is -0.830. The van der Waals surface area contributed by atoms with Gasteiger partial charge in [-0.25, -0.2) is 8.42 Å². The standard InChI is InChI=1S/C15H21N3O2S3/c1-11-15(12(2)17(3)16-11)23(19,20)18-7-6-14(22-10-8-18)13-5-4-9-21-13/h4-5,9,14H,6-8,10H2,1-3H3/t14-/m0/s1. The lowest BCUT2D eigenvalue weighted by Gasteiger charge is -2.20. The van der Waals surface area contributed by atoms with Gasteiger partial charge in [-0.05, 0) is 31.7 Å². The third-order valence-electron chi connectivity index (χ3n) is 4.20. The van der Waals surface area contributed by atoms with E-state index in [0.717, 1.165) is 12.2 Å². The number of thiophene rings is 1. The second-order valence-electron chi connectivity index (χ2n) is 5.69. The summed E-state index contributed by atoms with van der Waals surface area (Å²) in [6.07, 6.45) is 0.850. The van der Waals surface area contributed by atoms with Gasteiger partial charge in [0.05, 0.1) is 11.4 Å². The van der Waals surface area contributed by atoms with E-state index in [1.165, 1.54) is 4.88 Å². The van der Waals surface area contributed by atoms with E-state index in [1.807, 2.05) is 18.7 Å². The molecule has 0 unspecified atom stereocenters. The summed E-state index contributed by atoms with van der Waals surface area (Å²) in [5.41, 5.74) is 1.28. The van der Waals surface area contributed by atoms with Crippen LogP contribution in [0.15, 0.2) is 22.4 Å². The minimum Gasteiger partial charge on any atom is -0.271 e. The number of aryl methyl sites for hydroxylation is 2. The third kappa shape index (κ3) is 3.22.